The average Bonchev–Trinajstić information content (AvgIpc) is 2.90. The van der Waals surface area contributed by atoms with Gasteiger partial charge >= 0.3 is 5.97 Å². The van der Waals surface area contributed by atoms with E-state index in [1.165, 1.54) is 12.1 Å². The molecule has 1 unspecified atom stereocenters. The first-order valence-corrected chi connectivity index (χ1v) is 6.91. The third-order valence-electron chi connectivity index (χ3n) is 3.60. The first kappa shape index (κ1) is 16.7. The second-order valence-electron chi connectivity index (χ2n) is 5.12. The number of halogens is 1. The minimum absolute atomic E-state index is 0.127. The van der Waals surface area contributed by atoms with Gasteiger partial charge in [0.05, 0.1) is 18.1 Å². The van der Waals surface area contributed by atoms with Crippen LogP contribution in [-0.2, 0) is 4.79 Å². The number of rotatable bonds is 5. The van der Waals surface area contributed by atoms with Gasteiger partial charge in [-0.15, -0.1) is 0 Å². The van der Waals surface area contributed by atoms with Crippen LogP contribution in [0.5, 0.6) is 5.75 Å². The van der Waals surface area contributed by atoms with Crippen LogP contribution < -0.4 is 4.74 Å². The highest BCUT2D eigenvalue weighted by molar-refractivity contribution is 5.99. The molecule has 0 radical (unpaired) electrons. The molecule has 0 bridgehead atoms. The monoisotopic (exact) mass is 326 g/mol. The maximum Gasteiger partial charge on any atom is 0.343 e. The van der Waals surface area contributed by atoms with E-state index in [1.54, 1.807) is 6.92 Å². The molecule has 1 saturated heterocycles. The Kier molecular flexibility index (Phi) is 4.48. The van der Waals surface area contributed by atoms with Gasteiger partial charge in [-0.3, -0.25) is 14.9 Å². The predicted molar refractivity (Wildman–Crippen MR) is 76.3 cm³/mol. The van der Waals surface area contributed by atoms with Crippen LogP contribution in [0, 0.1) is 10.1 Å². The summed E-state index contributed by atoms with van der Waals surface area (Å²) >= 11 is 0. The van der Waals surface area contributed by atoms with E-state index in [-0.39, 0.29) is 24.3 Å². The fourth-order valence-electron chi connectivity index (χ4n) is 2.39. The second-order valence-corrected chi connectivity index (χ2v) is 5.12. The zero-order valence-corrected chi connectivity index (χ0v) is 12.3. The number of carboxylic acid groups (broad SMARTS) is 1. The van der Waals surface area contributed by atoms with Crippen molar-refractivity contribution in [3.05, 3.63) is 33.9 Å². The Balaban J connectivity index is 2.33. The number of benzene rings is 1. The Bertz CT molecular complexity index is 665. The fraction of sp³-hybridized carbons (Fsp3) is 0.429. The molecule has 1 aromatic carbocycles. The summed E-state index contributed by atoms with van der Waals surface area (Å²) < 4.78 is 19.3. The molecule has 0 spiro atoms. The minimum atomic E-state index is -2.53. The lowest BCUT2D eigenvalue weighted by molar-refractivity contribution is -0.385. The summed E-state index contributed by atoms with van der Waals surface area (Å²) in [4.78, 5) is 34.7. The molecule has 0 saturated carbocycles. The zero-order valence-electron chi connectivity index (χ0n) is 12.3. The largest absolute Gasteiger partial charge is 0.494 e. The van der Waals surface area contributed by atoms with E-state index in [4.69, 9.17) is 9.84 Å². The summed E-state index contributed by atoms with van der Waals surface area (Å²) in [7, 11) is 0. The Hall–Kier alpha value is -2.71. The number of carboxylic acids is 1. The van der Waals surface area contributed by atoms with E-state index < -0.39 is 34.7 Å². The summed E-state index contributed by atoms with van der Waals surface area (Å²) in [5.41, 5.74) is -3.22. The van der Waals surface area contributed by atoms with E-state index in [2.05, 4.69) is 0 Å². The topological polar surface area (TPSA) is 110 Å². The molecule has 9 heteroatoms. The third kappa shape index (κ3) is 3.22. The number of nitro groups is 1. The van der Waals surface area contributed by atoms with Crippen LogP contribution in [0.2, 0.25) is 0 Å². The van der Waals surface area contributed by atoms with E-state index in [0.29, 0.717) is 6.61 Å². The third-order valence-corrected chi connectivity index (χ3v) is 3.60. The summed E-state index contributed by atoms with van der Waals surface area (Å²) in [6.07, 6.45) is -0.354. The molecule has 1 N–H and O–H groups in total. The number of amides is 1. The van der Waals surface area contributed by atoms with Crippen LogP contribution in [0.15, 0.2) is 18.2 Å². The van der Waals surface area contributed by atoms with Gasteiger partial charge in [0.1, 0.15) is 11.3 Å². The molecule has 1 aliphatic heterocycles. The van der Waals surface area contributed by atoms with Crippen molar-refractivity contribution in [2.75, 3.05) is 19.7 Å². The normalized spacial score (nSPS) is 20.3. The molecule has 124 valence electrons. The number of carbonyl (C=O) groups is 2. The van der Waals surface area contributed by atoms with Crippen molar-refractivity contribution >= 4 is 17.6 Å². The highest BCUT2D eigenvalue weighted by Crippen LogP contribution is 2.30. The maximum absolute atomic E-state index is 14.1. The summed E-state index contributed by atoms with van der Waals surface area (Å²) in [5.74, 6) is -2.17. The van der Waals surface area contributed by atoms with E-state index in [9.17, 15) is 24.1 Å². The first-order valence-electron chi connectivity index (χ1n) is 6.91. The summed E-state index contributed by atoms with van der Waals surface area (Å²) in [6.45, 7) is 1.25. The van der Waals surface area contributed by atoms with Crippen LogP contribution in [0.3, 0.4) is 0 Å². The maximum atomic E-state index is 14.1. The van der Waals surface area contributed by atoms with E-state index in [1.807, 2.05) is 0 Å². The molecule has 23 heavy (non-hydrogen) atoms. The Labute approximate surface area is 130 Å². The Morgan fingerprint density at radius 3 is 2.74 bits per heavy atom. The first-order chi connectivity index (χ1) is 10.8. The predicted octanol–water partition coefficient (Wildman–Crippen LogP) is 1.63. The Morgan fingerprint density at radius 1 is 1.52 bits per heavy atom. The molecule has 1 fully saturated rings. The number of ether oxygens (including phenoxy) is 1. The number of nitrogens with zero attached hydrogens (tertiary/aromatic N) is 2. The number of aliphatic carboxylic acids is 1. The number of likely N-dealkylation sites (tertiary alicyclic amines) is 1. The number of carbonyl (C=O) groups excluding carboxylic acids is 1. The van der Waals surface area contributed by atoms with Crippen molar-refractivity contribution in [1.82, 2.24) is 4.90 Å². The molecule has 0 aromatic heterocycles. The van der Waals surface area contributed by atoms with Crippen molar-refractivity contribution in [2.24, 2.45) is 0 Å². The van der Waals surface area contributed by atoms with Gasteiger partial charge < -0.3 is 14.7 Å². The average molecular weight is 326 g/mol. The van der Waals surface area contributed by atoms with Crippen LogP contribution in [0.25, 0.3) is 0 Å². The SMILES string of the molecule is CCOc1ccc([N+](=O)[O-])c(C(=O)N2CCC(F)(C(=O)O)C2)c1. The van der Waals surface area contributed by atoms with Crippen LogP contribution in [0.4, 0.5) is 10.1 Å². The van der Waals surface area contributed by atoms with Gasteiger partial charge in [-0.1, -0.05) is 0 Å². The standard InChI is InChI=1S/C14H15FN2O6/c1-2-23-9-3-4-11(17(21)22)10(7-9)12(18)16-6-5-14(15,8-16)13(19)20/h3-4,7H,2,5-6,8H2,1H3,(H,19,20). The smallest absolute Gasteiger partial charge is 0.343 e. The number of nitro benzene ring substituents is 1. The number of hydrogen-bond acceptors (Lipinski definition) is 5. The van der Waals surface area contributed by atoms with Crippen LogP contribution in [-0.4, -0.2) is 52.2 Å². The molecular weight excluding hydrogens is 311 g/mol. The van der Waals surface area contributed by atoms with Gasteiger partial charge in [0.25, 0.3) is 11.6 Å². The van der Waals surface area contributed by atoms with Gasteiger partial charge in [0.2, 0.25) is 5.67 Å². The molecule has 1 amide bonds. The number of alkyl halides is 1. The van der Waals surface area contributed by atoms with Crippen LogP contribution >= 0.6 is 0 Å². The fourth-order valence-corrected chi connectivity index (χ4v) is 2.39. The van der Waals surface area contributed by atoms with Crippen molar-refractivity contribution in [1.29, 1.82) is 0 Å². The quantitative estimate of drug-likeness (QED) is 0.650. The molecule has 1 heterocycles. The molecule has 1 aromatic rings. The molecule has 0 aliphatic carbocycles. The zero-order chi connectivity index (χ0) is 17.2. The van der Waals surface area contributed by atoms with Gasteiger partial charge in [-0.25, -0.2) is 9.18 Å². The van der Waals surface area contributed by atoms with Crippen molar-refractivity contribution in [2.45, 2.75) is 19.0 Å². The molecular formula is C14H15FN2O6. The molecule has 2 rings (SSSR count). The van der Waals surface area contributed by atoms with Gasteiger partial charge in [0.15, 0.2) is 0 Å². The van der Waals surface area contributed by atoms with Gasteiger partial charge in [0, 0.05) is 19.0 Å². The molecule has 8 nitrogen and oxygen atoms in total. The van der Waals surface area contributed by atoms with Crippen molar-refractivity contribution in [3.63, 3.8) is 0 Å². The van der Waals surface area contributed by atoms with E-state index >= 15 is 0 Å². The van der Waals surface area contributed by atoms with E-state index in [0.717, 1.165) is 11.0 Å². The number of hydrogen-bond donors (Lipinski definition) is 1. The van der Waals surface area contributed by atoms with Crippen LogP contribution in [0.1, 0.15) is 23.7 Å². The second kappa shape index (κ2) is 6.19. The highest BCUT2D eigenvalue weighted by atomic mass is 19.1. The summed E-state index contributed by atoms with van der Waals surface area (Å²) in [6, 6.07) is 3.70. The molecule has 1 atom stereocenters. The van der Waals surface area contributed by atoms with Crippen molar-refractivity contribution < 1.29 is 28.7 Å². The molecule has 1 aliphatic rings. The van der Waals surface area contributed by atoms with Crippen molar-refractivity contribution in [3.8, 4) is 5.75 Å². The lowest BCUT2D eigenvalue weighted by Gasteiger charge is -2.18. The lowest BCUT2D eigenvalue weighted by atomic mass is 10.1. The Morgan fingerprint density at radius 2 is 2.22 bits per heavy atom. The lowest BCUT2D eigenvalue weighted by Crippen LogP contribution is -2.39. The van der Waals surface area contributed by atoms with Gasteiger partial charge in [-0.2, -0.15) is 0 Å². The summed E-state index contributed by atoms with van der Waals surface area (Å²) in [5, 5.41) is 19.9. The highest BCUT2D eigenvalue weighted by Gasteiger charge is 2.47. The van der Waals surface area contributed by atoms with Gasteiger partial charge in [-0.05, 0) is 19.1 Å². The minimum Gasteiger partial charge on any atom is -0.494 e.